The van der Waals surface area contributed by atoms with Crippen molar-refractivity contribution in [1.29, 1.82) is 0 Å². The predicted molar refractivity (Wildman–Crippen MR) is 93.1 cm³/mol. The molecule has 0 bridgehead atoms. The van der Waals surface area contributed by atoms with Crippen LogP contribution < -0.4 is 4.90 Å². The van der Waals surface area contributed by atoms with Gasteiger partial charge < -0.3 is 4.90 Å². The van der Waals surface area contributed by atoms with Gasteiger partial charge in [0, 0.05) is 33.0 Å². The lowest BCUT2D eigenvalue weighted by atomic mass is 10.2. The quantitative estimate of drug-likeness (QED) is 0.844. The highest BCUT2D eigenvalue weighted by molar-refractivity contribution is 7.89. The molecule has 0 spiro atoms. The van der Waals surface area contributed by atoms with Gasteiger partial charge in [-0.05, 0) is 43.7 Å². The first-order valence-corrected chi connectivity index (χ1v) is 8.86. The van der Waals surface area contributed by atoms with Crippen molar-refractivity contribution in [3.8, 4) is 0 Å². The first-order chi connectivity index (χ1) is 10.7. The zero-order valence-corrected chi connectivity index (χ0v) is 15.0. The molecule has 0 fully saturated rings. The average molecular weight is 333 g/mol. The van der Waals surface area contributed by atoms with E-state index in [2.05, 4.69) is 4.98 Å². The van der Waals surface area contributed by atoms with Gasteiger partial charge in [0.2, 0.25) is 10.0 Å². The van der Waals surface area contributed by atoms with Crippen LogP contribution in [0.2, 0.25) is 0 Å². The van der Waals surface area contributed by atoms with E-state index in [1.54, 1.807) is 25.4 Å². The molecule has 6 heteroatoms. The van der Waals surface area contributed by atoms with E-state index < -0.39 is 10.0 Å². The third-order valence-corrected chi connectivity index (χ3v) is 5.92. The molecule has 2 rings (SSSR count). The number of anilines is 1. The maximum Gasteiger partial charge on any atom is 0.243 e. The Balaban J connectivity index is 2.40. The Labute approximate surface area is 138 Å². The van der Waals surface area contributed by atoms with E-state index in [1.807, 2.05) is 57.1 Å². The van der Waals surface area contributed by atoms with E-state index in [9.17, 15) is 8.42 Å². The maximum absolute atomic E-state index is 12.9. The molecule has 0 saturated carbocycles. The summed E-state index contributed by atoms with van der Waals surface area (Å²) in [6.45, 7) is 3.80. The van der Waals surface area contributed by atoms with Crippen LogP contribution in [0.3, 0.4) is 0 Å². The molecular formula is C17H23N3O2S. The summed E-state index contributed by atoms with van der Waals surface area (Å²) < 4.78 is 27.2. The summed E-state index contributed by atoms with van der Waals surface area (Å²) in [6, 6.07) is 10.4. The molecule has 23 heavy (non-hydrogen) atoms. The second-order valence-corrected chi connectivity index (χ2v) is 7.79. The van der Waals surface area contributed by atoms with Gasteiger partial charge in [0.05, 0.1) is 16.6 Å². The van der Waals surface area contributed by atoms with Gasteiger partial charge in [-0.2, -0.15) is 4.31 Å². The van der Waals surface area contributed by atoms with E-state index in [0.717, 1.165) is 16.9 Å². The van der Waals surface area contributed by atoms with Crippen molar-refractivity contribution in [3.05, 3.63) is 53.9 Å². The van der Waals surface area contributed by atoms with Crippen LogP contribution in [0, 0.1) is 6.92 Å². The summed E-state index contributed by atoms with van der Waals surface area (Å²) in [5, 5.41) is 0. The minimum absolute atomic E-state index is 0.289. The first-order valence-electron chi connectivity index (χ1n) is 7.42. The molecule has 1 atom stereocenters. The largest absolute Gasteiger partial charge is 0.377 e. The Bertz CT molecular complexity index is 774. The van der Waals surface area contributed by atoms with Crippen molar-refractivity contribution < 1.29 is 8.42 Å². The summed E-state index contributed by atoms with van der Waals surface area (Å²) in [5.74, 6) is 0. The number of rotatable bonds is 5. The Morgan fingerprint density at radius 1 is 1.09 bits per heavy atom. The smallest absolute Gasteiger partial charge is 0.243 e. The topological polar surface area (TPSA) is 53.5 Å². The highest BCUT2D eigenvalue weighted by Gasteiger charge is 2.27. The number of hydrogen-bond acceptors (Lipinski definition) is 4. The lowest BCUT2D eigenvalue weighted by Gasteiger charge is -2.25. The molecule has 0 N–H and O–H groups in total. The molecule has 1 aromatic carbocycles. The van der Waals surface area contributed by atoms with Crippen molar-refractivity contribution >= 4 is 15.7 Å². The van der Waals surface area contributed by atoms with Crippen LogP contribution in [0.4, 0.5) is 5.69 Å². The highest BCUT2D eigenvalue weighted by Crippen LogP contribution is 2.28. The number of aryl methyl sites for hydroxylation is 1. The Morgan fingerprint density at radius 2 is 1.78 bits per heavy atom. The molecule has 0 amide bonds. The van der Waals surface area contributed by atoms with Gasteiger partial charge in [-0.25, -0.2) is 8.42 Å². The van der Waals surface area contributed by atoms with Gasteiger partial charge >= 0.3 is 0 Å². The molecule has 0 radical (unpaired) electrons. The molecule has 2 aromatic rings. The van der Waals surface area contributed by atoms with Crippen LogP contribution in [0.5, 0.6) is 0 Å². The van der Waals surface area contributed by atoms with E-state index >= 15 is 0 Å². The fourth-order valence-electron chi connectivity index (χ4n) is 2.42. The summed E-state index contributed by atoms with van der Waals surface area (Å²) >= 11 is 0. The fraction of sp³-hybridized carbons (Fsp3) is 0.353. The van der Waals surface area contributed by atoms with E-state index in [4.69, 9.17) is 0 Å². The highest BCUT2D eigenvalue weighted by atomic mass is 32.2. The van der Waals surface area contributed by atoms with Crippen LogP contribution in [0.15, 0.2) is 47.5 Å². The number of nitrogens with zero attached hydrogens (tertiary/aromatic N) is 3. The van der Waals surface area contributed by atoms with Crippen molar-refractivity contribution in [2.24, 2.45) is 0 Å². The minimum Gasteiger partial charge on any atom is -0.377 e. The lowest BCUT2D eigenvalue weighted by Crippen LogP contribution is -2.30. The van der Waals surface area contributed by atoms with E-state index in [-0.39, 0.29) is 10.9 Å². The Hall–Kier alpha value is -1.92. The van der Waals surface area contributed by atoms with Gasteiger partial charge in [-0.1, -0.05) is 12.1 Å². The molecule has 0 aliphatic heterocycles. The standard InChI is InChI=1S/C17H23N3O2S/c1-13-9-10-15(12-17(13)19(3)4)23(21,22)20(5)14(2)16-8-6-7-11-18-16/h6-12,14H,1-5H3/t14-/m1/s1. The molecule has 0 saturated heterocycles. The summed E-state index contributed by atoms with van der Waals surface area (Å²) in [7, 11) is 1.80. The Kier molecular flexibility index (Phi) is 5.06. The lowest BCUT2D eigenvalue weighted by molar-refractivity contribution is 0.392. The van der Waals surface area contributed by atoms with E-state index in [1.165, 1.54) is 4.31 Å². The number of benzene rings is 1. The molecule has 124 valence electrons. The number of aromatic nitrogens is 1. The SMILES string of the molecule is Cc1ccc(S(=O)(=O)N(C)[C@H](C)c2ccccn2)cc1N(C)C. The molecular weight excluding hydrogens is 310 g/mol. The first kappa shape index (κ1) is 17.4. The summed E-state index contributed by atoms with van der Waals surface area (Å²) in [6.07, 6.45) is 1.67. The Morgan fingerprint density at radius 3 is 2.35 bits per heavy atom. The molecule has 5 nitrogen and oxygen atoms in total. The van der Waals surface area contributed by atoms with Crippen LogP contribution in [-0.4, -0.2) is 38.9 Å². The zero-order chi connectivity index (χ0) is 17.2. The summed E-state index contributed by atoms with van der Waals surface area (Å²) in [4.78, 5) is 6.45. The molecule has 1 aromatic heterocycles. The molecule has 0 aliphatic rings. The van der Waals surface area contributed by atoms with Crippen molar-refractivity contribution in [1.82, 2.24) is 9.29 Å². The summed E-state index contributed by atoms with van der Waals surface area (Å²) in [5.41, 5.74) is 2.65. The number of hydrogen-bond donors (Lipinski definition) is 0. The van der Waals surface area contributed by atoms with Crippen LogP contribution in [-0.2, 0) is 10.0 Å². The second-order valence-electron chi connectivity index (χ2n) is 5.79. The monoisotopic (exact) mass is 333 g/mol. The van der Waals surface area contributed by atoms with Crippen molar-refractivity contribution in [2.45, 2.75) is 24.8 Å². The van der Waals surface area contributed by atoms with Crippen LogP contribution >= 0.6 is 0 Å². The van der Waals surface area contributed by atoms with Gasteiger partial charge in [0.15, 0.2) is 0 Å². The number of sulfonamides is 1. The second kappa shape index (κ2) is 6.68. The fourth-order valence-corrected chi connectivity index (χ4v) is 3.77. The minimum atomic E-state index is -3.59. The third-order valence-electron chi connectivity index (χ3n) is 4.00. The zero-order valence-electron chi connectivity index (χ0n) is 14.2. The van der Waals surface area contributed by atoms with Gasteiger partial charge in [-0.15, -0.1) is 0 Å². The van der Waals surface area contributed by atoms with Crippen molar-refractivity contribution in [2.75, 3.05) is 26.0 Å². The molecule has 0 aliphatic carbocycles. The molecule has 0 unspecified atom stereocenters. The maximum atomic E-state index is 12.9. The van der Waals surface area contributed by atoms with Gasteiger partial charge in [0.25, 0.3) is 0 Å². The van der Waals surface area contributed by atoms with Crippen molar-refractivity contribution in [3.63, 3.8) is 0 Å². The van der Waals surface area contributed by atoms with Crippen LogP contribution in [0.25, 0.3) is 0 Å². The molecule has 1 heterocycles. The number of pyridine rings is 1. The average Bonchev–Trinajstić information content (AvgIpc) is 2.54. The normalized spacial score (nSPS) is 13.1. The van der Waals surface area contributed by atoms with E-state index in [0.29, 0.717) is 0 Å². The van der Waals surface area contributed by atoms with Crippen LogP contribution in [0.1, 0.15) is 24.2 Å². The predicted octanol–water partition coefficient (Wildman–Crippen LogP) is 2.84. The third kappa shape index (κ3) is 3.54. The van der Waals surface area contributed by atoms with Gasteiger partial charge in [0.1, 0.15) is 0 Å². The van der Waals surface area contributed by atoms with Gasteiger partial charge in [-0.3, -0.25) is 4.98 Å².